The molecule has 1 heterocycles. The number of methoxy groups -OCH3 is 1. The van der Waals surface area contributed by atoms with Crippen molar-refractivity contribution in [1.29, 1.82) is 0 Å². The van der Waals surface area contributed by atoms with Gasteiger partial charge in [0.25, 0.3) is 5.56 Å². The van der Waals surface area contributed by atoms with Gasteiger partial charge in [-0.1, -0.05) is 30.3 Å². The zero-order chi connectivity index (χ0) is 19.5. The lowest BCUT2D eigenvalue weighted by Gasteiger charge is -2.12. The summed E-state index contributed by atoms with van der Waals surface area (Å²) in [5.74, 6) is 0.768. The van der Waals surface area contributed by atoms with Crippen LogP contribution in [0.5, 0.6) is 5.75 Å². The van der Waals surface area contributed by atoms with E-state index in [4.69, 9.17) is 4.74 Å². The summed E-state index contributed by atoms with van der Waals surface area (Å²) < 4.78 is 20.7. The van der Waals surface area contributed by atoms with Gasteiger partial charge in [0, 0.05) is 5.56 Å². The van der Waals surface area contributed by atoms with E-state index in [1.807, 2.05) is 6.07 Å². The Kier molecular flexibility index (Phi) is 4.72. The van der Waals surface area contributed by atoms with Crippen LogP contribution in [0.25, 0.3) is 28.7 Å². The molecule has 0 saturated heterocycles. The van der Waals surface area contributed by atoms with Crippen LogP contribution < -0.4 is 10.3 Å². The Morgan fingerprint density at radius 1 is 0.929 bits per heavy atom. The smallest absolute Gasteiger partial charge is 0.266 e. The number of ether oxygens (including phenoxy) is 1. The van der Waals surface area contributed by atoms with Crippen molar-refractivity contribution < 1.29 is 9.13 Å². The van der Waals surface area contributed by atoms with Crippen LogP contribution in [0, 0.1) is 5.82 Å². The molecule has 5 heteroatoms. The number of fused-ring (bicyclic) bond motifs is 1. The van der Waals surface area contributed by atoms with E-state index in [0.29, 0.717) is 33.7 Å². The zero-order valence-electron chi connectivity index (χ0n) is 15.2. The molecule has 0 unspecified atom stereocenters. The van der Waals surface area contributed by atoms with Crippen molar-refractivity contribution in [1.82, 2.24) is 9.55 Å². The molecular weight excluding hydrogens is 355 g/mol. The van der Waals surface area contributed by atoms with E-state index >= 15 is 0 Å². The molecule has 0 bridgehead atoms. The summed E-state index contributed by atoms with van der Waals surface area (Å²) in [5.41, 5.74) is 1.47. The average Bonchev–Trinajstić information content (AvgIpc) is 2.73. The number of nitrogens with zero attached hydrogens (tertiary/aromatic N) is 2. The van der Waals surface area contributed by atoms with Gasteiger partial charge < -0.3 is 4.74 Å². The quantitative estimate of drug-likeness (QED) is 0.521. The van der Waals surface area contributed by atoms with Crippen LogP contribution in [-0.4, -0.2) is 16.7 Å². The lowest BCUT2D eigenvalue weighted by atomic mass is 10.2. The van der Waals surface area contributed by atoms with Gasteiger partial charge in [0.2, 0.25) is 0 Å². The van der Waals surface area contributed by atoms with Gasteiger partial charge in [-0.2, -0.15) is 0 Å². The van der Waals surface area contributed by atoms with Crippen molar-refractivity contribution in [2.75, 3.05) is 7.11 Å². The molecule has 0 radical (unpaired) electrons. The molecule has 0 aliphatic carbocycles. The highest BCUT2D eigenvalue weighted by Crippen LogP contribution is 2.18. The lowest BCUT2D eigenvalue weighted by Crippen LogP contribution is -2.22. The molecule has 0 N–H and O–H groups in total. The highest BCUT2D eigenvalue weighted by molar-refractivity contribution is 5.80. The van der Waals surface area contributed by atoms with Crippen LogP contribution in [0.15, 0.2) is 77.6 Å². The number of rotatable bonds is 4. The molecule has 0 aliphatic heterocycles. The summed E-state index contributed by atoms with van der Waals surface area (Å²) >= 11 is 0. The Labute approximate surface area is 161 Å². The maximum absolute atomic E-state index is 14.0. The second kappa shape index (κ2) is 7.48. The second-order valence-corrected chi connectivity index (χ2v) is 6.18. The number of halogens is 1. The van der Waals surface area contributed by atoms with Crippen LogP contribution in [-0.2, 0) is 0 Å². The second-order valence-electron chi connectivity index (χ2n) is 6.18. The SMILES string of the molecule is COc1ccc(-n2c(C=Cc3ccccc3F)nc3ccccc3c2=O)cc1. The molecule has 0 spiro atoms. The molecule has 3 aromatic carbocycles. The Bertz CT molecular complexity index is 1230. The van der Waals surface area contributed by atoms with Crippen LogP contribution in [0.3, 0.4) is 0 Å². The van der Waals surface area contributed by atoms with E-state index in [1.54, 1.807) is 79.9 Å². The fourth-order valence-corrected chi connectivity index (χ4v) is 3.02. The predicted molar refractivity (Wildman–Crippen MR) is 109 cm³/mol. The van der Waals surface area contributed by atoms with Gasteiger partial charge in [-0.25, -0.2) is 9.37 Å². The molecule has 4 aromatic rings. The van der Waals surface area contributed by atoms with Crippen LogP contribution in [0.4, 0.5) is 4.39 Å². The lowest BCUT2D eigenvalue weighted by molar-refractivity contribution is 0.414. The normalized spacial score (nSPS) is 11.2. The summed E-state index contributed by atoms with van der Waals surface area (Å²) in [6, 6.07) is 20.8. The fraction of sp³-hybridized carbons (Fsp3) is 0.0435. The van der Waals surface area contributed by atoms with Crippen molar-refractivity contribution >= 4 is 23.1 Å². The van der Waals surface area contributed by atoms with E-state index in [1.165, 1.54) is 10.6 Å². The van der Waals surface area contributed by atoms with Crippen molar-refractivity contribution in [2.24, 2.45) is 0 Å². The largest absolute Gasteiger partial charge is 0.497 e. The topological polar surface area (TPSA) is 44.1 Å². The molecule has 0 amide bonds. The first-order valence-electron chi connectivity index (χ1n) is 8.76. The first kappa shape index (κ1) is 17.7. The standard InChI is InChI=1S/C23H17FN2O2/c1-28-18-13-11-17(12-14-18)26-22(15-10-16-6-2-4-8-20(16)24)25-21-9-5-3-7-19(21)23(26)27/h2-15H,1H3. The van der Waals surface area contributed by atoms with Crippen molar-refractivity contribution in [3.8, 4) is 11.4 Å². The van der Waals surface area contributed by atoms with Crippen LogP contribution in [0.1, 0.15) is 11.4 Å². The summed E-state index contributed by atoms with van der Waals surface area (Å²) in [7, 11) is 1.58. The maximum Gasteiger partial charge on any atom is 0.266 e. The minimum atomic E-state index is -0.335. The van der Waals surface area contributed by atoms with E-state index in [2.05, 4.69) is 4.98 Å². The van der Waals surface area contributed by atoms with Gasteiger partial charge in [-0.3, -0.25) is 9.36 Å². The number of benzene rings is 3. The summed E-state index contributed by atoms with van der Waals surface area (Å²) in [6.07, 6.45) is 3.27. The first-order valence-corrected chi connectivity index (χ1v) is 8.76. The number of hydrogen-bond acceptors (Lipinski definition) is 3. The molecule has 4 nitrogen and oxygen atoms in total. The first-order chi connectivity index (χ1) is 13.7. The van der Waals surface area contributed by atoms with Crippen molar-refractivity contribution in [2.45, 2.75) is 0 Å². The van der Waals surface area contributed by atoms with E-state index in [0.717, 1.165) is 0 Å². The summed E-state index contributed by atoms with van der Waals surface area (Å²) in [5, 5.41) is 0.515. The van der Waals surface area contributed by atoms with Gasteiger partial charge >= 0.3 is 0 Å². The van der Waals surface area contributed by atoms with E-state index < -0.39 is 0 Å². The predicted octanol–water partition coefficient (Wildman–Crippen LogP) is 4.70. The number of aromatic nitrogens is 2. The number of para-hydroxylation sites is 1. The summed E-state index contributed by atoms with van der Waals surface area (Å²) in [4.78, 5) is 17.8. The highest BCUT2D eigenvalue weighted by atomic mass is 19.1. The Balaban J connectivity index is 1.93. The molecule has 28 heavy (non-hydrogen) atoms. The van der Waals surface area contributed by atoms with Crippen LogP contribution >= 0.6 is 0 Å². The molecule has 1 aromatic heterocycles. The van der Waals surface area contributed by atoms with E-state index in [-0.39, 0.29) is 11.4 Å². The van der Waals surface area contributed by atoms with Crippen molar-refractivity contribution in [3.63, 3.8) is 0 Å². The van der Waals surface area contributed by atoms with Gasteiger partial charge in [-0.05, 0) is 54.6 Å². The Morgan fingerprint density at radius 3 is 2.39 bits per heavy atom. The average molecular weight is 372 g/mol. The Hall–Kier alpha value is -3.73. The van der Waals surface area contributed by atoms with Crippen LogP contribution in [0.2, 0.25) is 0 Å². The molecular formula is C23H17FN2O2. The third kappa shape index (κ3) is 3.30. The molecule has 0 atom stereocenters. The third-order valence-electron chi connectivity index (χ3n) is 4.45. The monoisotopic (exact) mass is 372 g/mol. The van der Waals surface area contributed by atoms with Gasteiger partial charge in [0.1, 0.15) is 17.4 Å². The third-order valence-corrected chi connectivity index (χ3v) is 4.45. The molecule has 4 rings (SSSR count). The molecule has 138 valence electrons. The maximum atomic E-state index is 14.0. The fourth-order valence-electron chi connectivity index (χ4n) is 3.02. The minimum absolute atomic E-state index is 0.191. The Morgan fingerprint density at radius 2 is 1.64 bits per heavy atom. The van der Waals surface area contributed by atoms with E-state index in [9.17, 15) is 9.18 Å². The zero-order valence-corrected chi connectivity index (χ0v) is 15.2. The summed E-state index contributed by atoms with van der Waals surface area (Å²) in [6.45, 7) is 0. The van der Waals surface area contributed by atoms with Gasteiger partial charge in [0.15, 0.2) is 0 Å². The minimum Gasteiger partial charge on any atom is -0.497 e. The number of hydrogen-bond donors (Lipinski definition) is 0. The van der Waals surface area contributed by atoms with Gasteiger partial charge in [0.05, 0.1) is 23.7 Å². The molecule has 0 aliphatic rings. The highest BCUT2D eigenvalue weighted by Gasteiger charge is 2.11. The van der Waals surface area contributed by atoms with Gasteiger partial charge in [-0.15, -0.1) is 0 Å². The van der Waals surface area contributed by atoms with Crippen molar-refractivity contribution in [3.05, 3.63) is 100 Å². The molecule has 0 saturated carbocycles. The molecule has 0 fully saturated rings.